The zero-order valence-corrected chi connectivity index (χ0v) is 19.5. The number of aliphatic carboxylic acids is 1. The van der Waals surface area contributed by atoms with Gasteiger partial charge in [0.1, 0.15) is 18.3 Å². The van der Waals surface area contributed by atoms with Gasteiger partial charge in [-0.15, -0.1) is 0 Å². The van der Waals surface area contributed by atoms with Crippen molar-refractivity contribution < 1.29 is 35.1 Å². The largest absolute Gasteiger partial charge is 0.479 e. The summed E-state index contributed by atoms with van der Waals surface area (Å²) < 4.78 is 0. The van der Waals surface area contributed by atoms with Crippen LogP contribution in [0.1, 0.15) is 84.5 Å². The van der Waals surface area contributed by atoms with E-state index in [0.29, 0.717) is 0 Å². The molecule has 10 atom stereocenters. The molecule has 5 N–H and O–H groups in total. The number of carbonyl (C=O) groups is 2. The summed E-state index contributed by atoms with van der Waals surface area (Å²) in [4.78, 5) is 20.0. The molecule has 184 valence electrons. The molecule has 4 rings (SSSR count). The van der Waals surface area contributed by atoms with E-state index in [9.17, 15) is 9.59 Å². The Morgan fingerprint density at radius 3 is 2.22 bits per heavy atom. The first-order valence-corrected chi connectivity index (χ1v) is 12.5. The zero-order chi connectivity index (χ0) is 23.7. The minimum atomic E-state index is -2.25. The molecule has 0 amide bonds. The van der Waals surface area contributed by atoms with Crippen LogP contribution in [-0.2, 0) is 9.59 Å². The molecular formula is C25H42O7. The minimum Gasteiger partial charge on any atom is -0.479 e. The molecule has 4 saturated carbocycles. The Morgan fingerprint density at radius 1 is 0.844 bits per heavy atom. The van der Waals surface area contributed by atoms with E-state index in [1.165, 1.54) is 19.3 Å². The van der Waals surface area contributed by atoms with E-state index in [1.807, 2.05) is 0 Å². The van der Waals surface area contributed by atoms with Gasteiger partial charge in [0.25, 0.3) is 0 Å². The average molecular weight is 455 g/mol. The predicted octanol–water partition coefficient (Wildman–Crippen LogP) is 2.52. The predicted molar refractivity (Wildman–Crippen MR) is 119 cm³/mol. The highest BCUT2D eigenvalue weighted by Crippen LogP contribution is 2.66. The summed E-state index contributed by atoms with van der Waals surface area (Å²) in [6.45, 7) is 5.33. The molecule has 0 aromatic heterocycles. The molecule has 5 unspecified atom stereocenters. The van der Waals surface area contributed by atoms with Crippen LogP contribution < -0.4 is 0 Å². The van der Waals surface area contributed by atoms with Crippen molar-refractivity contribution in [1.82, 2.24) is 0 Å². The Labute approximate surface area is 191 Å². The minimum absolute atomic E-state index is 0.0809. The first-order valence-electron chi connectivity index (χ1n) is 12.5. The molecule has 0 heterocycles. The number of carbonyl (C=O) groups excluding carboxylic acids is 1. The van der Waals surface area contributed by atoms with E-state index in [2.05, 4.69) is 13.8 Å². The molecule has 7 heteroatoms. The van der Waals surface area contributed by atoms with Crippen molar-refractivity contribution in [1.29, 1.82) is 0 Å². The van der Waals surface area contributed by atoms with Crippen molar-refractivity contribution in [2.24, 2.45) is 34.5 Å². The van der Waals surface area contributed by atoms with E-state index in [0.717, 1.165) is 34.5 Å². The first kappa shape index (κ1) is 25.6. The number of carboxylic acid groups (broad SMARTS) is 1. The van der Waals surface area contributed by atoms with Gasteiger partial charge in [0.15, 0.2) is 12.4 Å². The molecule has 0 aromatic rings. The van der Waals surface area contributed by atoms with Gasteiger partial charge in [0.05, 0.1) is 0 Å². The topological polar surface area (TPSA) is 135 Å². The van der Waals surface area contributed by atoms with Crippen molar-refractivity contribution in [3.8, 4) is 0 Å². The molecule has 0 bridgehead atoms. The number of rotatable bonds is 5. The summed E-state index contributed by atoms with van der Waals surface area (Å²) >= 11 is 0. The van der Waals surface area contributed by atoms with Gasteiger partial charge < -0.3 is 30.3 Å². The fraction of sp³-hybridized carbons (Fsp3) is 0.920. The van der Waals surface area contributed by atoms with Crippen LogP contribution >= 0.6 is 0 Å². The molecule has 0 aromatic carbocycles. The van der Waals surface area contributed by atoms with Crippen molar-refractivity contribution in [3.05, 3.63) is 0 Å². The Balaban J connectivity index is 0.000000198. The van der Waals surface area contributed by atoms with Gasteiger partial charge in [-0.25, -0.2) is 4.79 Å². The van der Waals surface area contributed by atoms with Crippen LogP contribution in [0, 0.1) is 34.5 Å². The molecule has 0 radical (unpaired) electrons. The highest BCUT2D eigenvalue weighted by Gasteiger charge is 2.56. The van der Waals surface area contributed by atoms with Crippen molar-refractivity contribution in [2.45, 2.75) is 109 Å². The lowest BCUT2D eigenvalue weighted by molar-refractivity contribution is -0.163. The molecule has 7 nitrogen and oxygen atoms in total. The van der Waals surface area contributed by atoms with Crippen LogP contribution in [0.15, 0.2) is 0 Å². The average Bonchev–Trinajstić information content (AvgIpc) is 3.18. The van der Waals surface area contributed by atoms with Gasteiger partial charge in [0.2, 0.25) is 0 Å². The van der Waals surface area contributed by atoms with Crippen molar-refractivity contribution in [2.75, 3.05) is 0 Å². The number of carboxylic acids is 1. The highest BCUT2D eigenvalue weighted by atomic mass is 16.4. The van der Waals surface area contributed by atoms with Crippen LogP contribution in [0.5, 0.6) is 0 Å². The monoisotopic (exact) mass is 454 g/mol. The molecule has 4 aliphatic rings. The molecule has 32 heavy (non-hydrogen) atoms. The third-order valence-electron chi connectivity index (χ3n) is 9.78. The normalized spacial score (nSPS) is 42.1. The van der Waals surface area contributed by atoms with Gasteiger partial charge in [-0.2, -0.15) is 0 Å². The van der Waals surface area contributed by atoms with Gasteiger partial charge in [-0.3, -0.25) is 0 Å². The number of aliphatic hydroxyl groups is 4. The molecule has 0 spiro atoms. The lowest BCUT2D eigenvalue weighted by atomic mass is 9.45. The Hall–Kier alpha value is -1.02. The third kappa shape index (κ3) is 4.77. The lowest BCUT2D eigenvalue weighted by Crippen LogP contribution is -2.51. The maximum Gasteiger partial charge on any atom is 0.335 e. The van der Waals surface area contributed by atoms with Crippen LogP contribution in [0.3, 0.4) is 0 Å². The van der Waals surface area contributed by atoms with Crippen LogP contribution in [0.25, 0.3) is 0 Å². The SMILES string of the molecule is C[C@@]12CCC[C@H]1[C@@H]1CCC3CCCC[C@]3(C)[C@H]1CC2.O=CC(O)C(O)C(O)C(O)C(=O)O. The van der Waals surface area contributed by atoms with Crippen LogP contribution in [0.2, 0.25) is 0 Å². The smallest absolute Gasteiger partial charge is 0.335 e. The Bertz CT molecular complexity index is 669. The number of aliphatic hydroxyl groups excluding tert-OH is 4. The molecule has 4 aliphatic carbocycles. The standard InChI is InChI=1S/C19H32.C6H10O7/c1-18-11-5-7-16(18)15-9-8-14-6-3-4-12-19(14,2)17(15)10-13-18;7-1-2(8)3(9)4(10)5(11)6(12)13/h14-17H,3-13H2,1-2H3;1-5,8-11H,(H,12,13)/t14?,15-,16-,17-,18-,19-;/m0./s1. The van der Waals surface area contributed by atoms with Gasteiger partial charge in [-0.05, 0) is 85.9 Å². The summed E-state index contributed by atoms with van der Waals surface area (Å²) in [5, 5.41) is 43.2. The second kappa shape index (κ2) is 10.1. The van der Waals surface area contributed by atoms with Crippen LogP contribution in [0.4, 0.5) is 0 Å². The maximum absolute atomic E-state index is 10.1. The number of hydrogen-bond acceptors (Lipinski definition) is 6. The number of hydrogen-bond donors (Lipinski definition) is 5. The summed E-state index contributed by atoms with van der Waals surface area (Å²) in [6, 6.07) is 0. The Morgan fingerprint density at radius 2 is 1.56 bits per heavy atom. The van der Waals surface area contributed by atoms with E-state index in [1.54, 1.807) is 51.4 Å². The first-order chi connectivity index (χ1) is 15.0. The van der Waals surface area contributed by atoms with Crippen molar-refractivity contribution >= 4 is 12.3 Å². The fourth-order valence-electron chi connectivity index (χ4n) is 7.90. The van der Waals surface area contributed by atoms with E-state index in [-0.39, 0.29) is 6.29 Å². The number of aldehydes is 1. The summed E-state index contributed by atoms with van der Waals surface area (Å²) in [7, 11) is 0. The van der Waals surface area contributed by atoms with Crippen molar-refractivity contribution in [3.63, 3.8) is 0 Å². The van der Waals surface area contributed by atoms with E-state index in [4.69, 9.17) is 25.5 Å². The highest BCUT2D eigenvalue weighted by molar-refractivity contribution is 5.73. The summed E-state index contributed by atoms with van der Waals surface area (Å²) in [5.74, 6) is 2.65. The second-order valence-corrected chi connectivity index (χ2v) is 11.4. The van der Waals surface area contributed by atoms with Gasteiger partial charge >= 0.3 is 5.97 Å². The van der Waals surface area contributed by atoms with E-state index >= 15 is 0 Å². The summed E-state index contributed by atoms with van der Waals surface area (Å²) in [5.41, 5.74) is 1.49. The molecule has 4 fully saturated rings. The zero-order valence-electron chi connectivity index (χ0n) is 19.5. The second-order valence-electron chi connectivity index (χ2n) is 11.4. The quantitative estimate of drug-likeness (QED) is 0.403. The molecule has 0 aliphatic heterocycles. The van der Waals surface area contributed by atoms with Gasteiger partial charge in [-0.1, -0.05) is 33.1 Å². The maximum atomic E-state index is 10.1. The fourth-order valence-corrected chi connectivity index (χ4v) is 7.90. The molecular weight excluding hydrogens is 412 g/mol. The third-order valence-corrected chi connectivity index (χ3v) is 9.78. The number of fused-ring (bicyclic) bond motifs is 5. The lowest BCUT2D eigenvalue weighted by Gasteiger charge is -2.60. The Kier molecular flexibility index (Phi) is 8.06. The molecule has 0 saturated heterocycles. The van der Waals surface area contributed by atoms with E-state index < -0.39 is 30.4 Å². The van der Waals surface area contributed by atoms with Gasteiger partial charge in [0, 0.05) is 0 Å². The van der Waals surface area contributed by atoms with Crippen LogP contribution in [-0.4, -0.2) is 62.2 Å². The summed E-state index contributed by atoms with van der Waals surface area (Å²) in [6.07, 6.45) is 8.71.